The number of hydrogen-bond acceptors (Lipinski definition) is 7. The first kappa shape index (κ1) is 26.1. The summed E-state index contributed by atoms with van der Waals surface area (Å²) in [6, 6.07) is 10.8. The van der Waals surface area contributed by atoms with Crippen LogP contribution in [-0.4, -0.2) is 82.2 Å². The fourth-order valence-corrected chi connectivity index (χ4v) is 3.83. The highest BCUT2D eigenvalue weighted by Crippen LogP contribution is 2.36. The van der Waals surface area contributed by atoms with Gasteiger partial charge >= 0.3 is 0 Å². The molecule has 1 aliphatic heterocycles. The standard InChI is InChI=1S/C25H30FN3O6/c1-32-12-11-28(25(31)16-33-2)15-24(30)29-22(17-5-7-18(26)8-6-17)14-21(27-29)20-10-9-19(34-3)13-23(20)35-4/h5-10,13,22H,11-12,14-16H2,1-4H3/t22-/m1/s1. The number of benzene rings is 2. The first-order chi connectivity index (χ1) is 16.9. The number of rotatable bonds is 11. The molecule has 3 rings (SSSR count). The summed E-state index contributed by atoms with van der Waals surface area (Å²) in [7, 11) is 6.04. The molecule has 0 saturated carbocycles. The molecule has 1 heterocycles. The smallest absolute Gasteiger partial charge is 0.262 e. The molecule has 0 unspecified atom stereocenters. The predicted molar refractivity (Wildman–Crippen MR) is 127 cm³/mol. The summed E-state index contributed by atoms with van der Waals surface area (Å²) in [5.41, 5.74) is 2.05. The highest BCUT2D eigenvalue weighted by molar-refractivity contribution is 6.05. The fraction of sp³-hybridized carbons (Fsp3) is 0.400. The zero-order valence-electron chi connectivity index (χ0n) is 20.3. The van der Waals surface area contributed by atoms with Gasteiger partial charge in [0.05, 0.1) is 32.6 Å². The van der Waals surface area contributed by atoms with Crippen molar-refractivity contribution in [2.45, 2.75) is 12.5 Å². The summed E-state index contributed by atoms with van der Waals surface area (Å²) >= 11 is 0. The number of carbonyl (C=O) groups is 2. The number of hydrogen-bond donors (Lipinski definition) is 0. The van der Waals surface area contributed by atoms with Crippen LogP contribution in [0.25, 0.3) is 0 Å². The Kier molecular flexibility index (Phi) is 9.16. The van der Waals surface area contributed by atoms with Crippen molar-refractivity contribution in [3.8, 4) is 11.5 Å². The van der Waals surface area contributed by atoms with E-state index in [1.54, 1.807) is 38.5 Å². The van der Waals surface area contributed by atoms with E-state index in [1.807, 2.05) is 6.07 Å². The molecule has 188 valence electrons. The number of carbonyl (C=O) groups excluding carboxylic acids is 2. The lowest BCUT2D eigenvalue weighted by molar-refractivity contribution is -0.144. The van der Waals surface area contributed by atoms with Crippen LogP contribution in [0.2, 0.25) is 0 Å². The molecule has 35 heavy (non-hydrogen) atoms. The van der Waals surface area contributed by atoms with Gasteiger partial charge in [0.15, 0.2) is 0 Å². The third kappa shape index (κ3) is 6.34. The quantitative estimate of drug-likeness (QED) is 0.484. The lowest BCUT2D eigenvalue weighted by Gasteiger charge is -2.26. The summed E-state index contributed by atoms with van der Waals surface area (Å²) in [5, 5.41) is 5.98. The van der Waals surface area contributed by atoms with Crippen LogP contribution >= 0.6 is 0 Å². The van der Waals surface area contributed by atoms with Gasteiger partial charge < -0.3 is 23.8 Å². The number of ether oxygens (including phenoxy) is 4. The minimum atomic E-state index is -0.480. The molecule has 0 saturated heterocycles. The van der Waals surface area contributed by atoms with Crippen molar-refractivity contribution < 1.29 is 32.9 Å². The lowest BCUT2D eigenvalue weighted by Crippen LogP contribution is -2.44. The number of methoxy groups -OCH3 is 4. The molecule has 1 aliphatic rings. The van der Waals surface area contributed by atoms with Gasteiger partial charge in [0, 0.05) is 38.8 Å². The first-order valence-electron chi connectivity index (χ1n) is 11.0. The van der Waals surface area contributed by atoms with E-state index >= 15 is 0 Å². The van der Waals surface area contributed by atoms with Gasteiger partial charge in [0.25, 0.3) is 5.91 Å². The third-order valence-corrected chi connectivity index (χ3v) is 5.65. The SMILES string of the molecule is COCCN(CC(=O)N1N=C(c2ccc(OC)cc2OC)C[C@@H]1c1ccc(F)cc1)C(=O)COC. The molecule has 0 spiro atoms. The van der Waals surface area contributed by atoms with Crippen molar-refractivity contribution in [3.05, 3.63) is 59.4 Å². The van der Waals surface area contributed by atoms with E-state index in [0.29, 0.717) is 29.2 Å². The maximum absolute atomic E-state index is 13.6. The van der Waals surface area contributed by atoms with Gasteiger partial charge in [-0.15, -0.1) is 0 Å². The van der Waals surface area contributed by atoms with Crippen molar-refractivity contribution in [2.24, 2.45) is 5.10 Å². The fourth-order valence-electron chi connectivity index (χ4n) is 3.83. The van der Waals surface area contributed by atoms with E-state index in [9.17, 15) is 14.0 Å². The molecule has 0 N–H and O–H groups in total. The summed E-state index contributed by atoms with van der Waals surface area (Å²) in [5.74, 6) is 0.0715. The molecular formula is C25H30FN3O6. The van der Waals surface area contributed by atoms with Crippen LogP contribution in [0.4, 0.5) is 4.39 Å². The van der Waals surface area contributed by atoms with Crippen LogP contribution < -0.4 is 9.47 Å². The molecule has 10 heteroatoms. The van der Waals surface area contributed by atoms with E-state index in [-0.39, 0.29) is 43.9 Å². The summed E-state index contributed by atoms with van der Waals surface area (Å²) in [4.78, 5) is 27.3. The molecule has 0 bridgehead atoms. The highest BCUT2D eigenvalue weighted by Gasteiger charge is 2.35. The van der Waals surface area contributed by atoms with E-state index in [2.05, 4.69) is 5.10 Å². The number of nitrogens with zero attached hydrogens (tertiary/aromatic N) is 3. The Balaban J connectivity index is 1.95. The third-order valence-electron chi connectivity index (χ3n) is 5.65. The topological polar surface area (TPSA) is 89.9 Å². The van der Waals surface area contributed by atoms with Crippen molar-refractivity contribution >= 4 is 17.5 Å². The van der Waals surface area contributed by atoms with Crippen LogP contribution in [0.1, 0.15) is 23.6 Å². The van der Waals surface area contributed by atoms with Gasteiger partial charge in [0.1, 0.15) is 30.5 Å². The second kappa shape index (κ2) is 12.3. The number of hydrazone groups is 1. The van der Waals surface area contributed by atoms with Crippen molar-refractivity contribution in [1.29, 1.82) is 0 Å². The average molecular weight is 488 g/mol. The average Bonchev–Trinajstić information content (AvgIpc) is 3.32. The first-order valence-corrected chi connectivity index (χ1v) is 11.0. The van der Waals surface area contributed by atoms with Crippen molar-refractivity contribution in [3.63, 3.8) is 0 Å². The lowest BCUT2D eigenvalue weighted by atomic mass is 9.97. The molecule has 2 aromatic carbocycles. The maximum atomic E-state index is 13.6. The van der Waals surface area contributed by atoms with Gasteiger partial charge in [-0.2, -0.15) is 5.10 Å². The normalized spacial score (nSPS) is 15.1. The van der Waals surface area contributed by atoms with Gasteiger partial charge in [-0.25, -0.2) is 9.40 Å². The minimum Gasteiger partial charge on any atom is -0.497 e. The Morgan fingerprint density at radius 1 is 1.06 bits per heavy atom. The van der Waals surface area contributed by atoms with E-state index in [4.69, 9.17) is 18.9 Å². The molecule has 1 atom stereocenters. The van der Waals surface area contributed by atoms with E-state index in [0.717, 1.165) is 5.56 Å². The second-order valence-corrected chi connectivity index (χ2v) is 7.86. The zero-order chi connectivity index (χ0) is 25.4. The Morgan fingerprint density at radius 3 is 2.43 bits per heavy atom. The van der Waals surface area contributed by atoms with Gasteiger partial charge in [-0.1, -0.05) is 12.1 Å². The van der Waals surface area contributed by atoms with Crippen LogP contribution in [0.15, 0.2) is 47.6 Å². The molecule has 9 nitrogen and oxygen atoms in total. The molecule has 2 amide bonds. The summed E-state index contributed by atoms with van der Waals surface area (Å²) in [6.07, 6.45) is 0.379. The van der Waals surface area contributed by atoms with E-state index in [1.165, 1.54) is 36.3 Å². The molecule has 0 aliphatic carbocycles. The van der Waals surface area contributed by atoms with Crippen molar-refractivity contribution in [1.82, 2.24) is 9.91 Å². The predicted octanol–water partition coefficient (Wildman–Crippen LogP) is 2.64. The summed E-state index contributed by atoms with van der Waals surface area (Å²) < 4.78 is 34.4. The number of halogens is 1. The molecule has 0 fully saturated rings. The van der Waals surface area contributed by atoms with E-state index < -0.39 is 6.04 Å². The summed E-state index contributed by atoms with van der Waals surface area (Å²) in [6.45, 7) is 0.125. The minimum absolute atomic E-state index is 0.157. The van der Waals surface area contributed by atoms with Gasteiger partial charge in [0.2, 0.25) is 5.91 Å². The Bertz CT molecular complexity index is 1060. The largest absolute Gasteiger partial charge is 0.497 e. The molecular weight excluding hydrogens is 457 g/mol. The molecule has 0 aromatic heterocycles. The van der Waals surface area contributed by atoms with Crippen LogP contribution in [0.5, 0.6) is 11.5 Å². The van der Waals surface area contributed by atoms with Crippen LogP contribution in [-0.2, 0) is 19.1 Å². The molecule has 0 radical (unpaired) electrons. The monoisotopic (exact) mass is 487 g/mol. The molecule has 2 aromatic rings. The maximum Gasteiger partial charge on any atom is 0.262 e. The highest BCUT2D eigenvalue weighted by atomic mass is 19.1. The van der Waals surface area contributed by atoms with Crippen molar-refractivity contribution in [2.75, 3.05) is 54.7 Å². The Labute approximate surface area is 204 Å². The van der Waals surface area contributed by atoms with Crippen LogP contribution in [0, 0.1) is 5.82 Å². The Morgan fingerprint density at radius 2 is 1.80 bits per heavy atom. The van der Waals surface area contributed by atoms with Gasteiger partial charge in [-0.05, 0) is 29.8 Å². The second-order valence-electron chi connectivity index (χ2n) is 7.86. The Hall–Kier alpha value is -3.50. The van der Waals surface area contributed by atoms with Gasteiger partial charge in [-0.3, -0.25) is 9.59 Å². The van der Waals surface area contributed by atoms with Crippen LogP contribution in [0.3, 0.4) is 0 Å². The number of amides is 2. The zero-order valence-corrected chi connectivity index (χ0v) is 20.3.